The molecule has 2 heterocycles. The summed E-state index contributed by atoms with van der Waals surface area (Å²) in [6.45, 7) is 0. The largest absolute Gasteiger partial charge is 0.278 e. The van der Waals surface area contributed by atoms with Gasteiger partial charge in [-0.05, 0) is 53.9 Å². The van der Waals surface area contributed by atoms with Crippen molar-refractivity contribution in [2.24, 2.45) is 5.10 Å². The van der Waals surface area contributed by atoms with Gasteiger partial charge < -0.3 is 0 Å². The van der Waals surface area contributed by atoms with Crippen molar-refractivity contribution in [1.29, 1.82) is 0 Å². The van der Waals surface area contributed by atoms with Crippen LogP contribution in [0.1, 0.15) is 15.9 Å². The van der Waals surface area contributed by atoms with Crippen LogP contribution in [0.25, 0.3) is 16.3 Å². The molecule has 1 amide bonds. The van der Waals surface area contributed by atoms with Crippen LogP contribution < -0.4 is 10.1 Å². The lowest BCUT2D eigenvalue weighted by atomic mass is 10.2. The minimum absolute atomic E-state index is 0.0850. The predicted molar refractivity (Wildman–Crippen MR) is 151 cm³/mol. The van der Waals surface area contributed by atoms with E-state index in [0.717, 1.165) is 16.3 Å². The molecular formula is C27H20ClN5O3S2. The first-order chi connectivity index (χ1) is 18.4. The van der Waals surface area contributed by atoms with E-state index in [0.29, 0.717) is 5.56 Å². The number of thiophene rings is 1. The number of amides is 1. The molecule has 11 heteroatoms. The lowest BCUT2D eigenvalue weighted by Crippen LogP contribution is -2.19. The summed E-state index contributed by atoms with van der Waals surface area (Å²) in [6.07, 6.45) is 3.34. The van der Waals surface area contributed by atoms with E-state index < -0.39 is 15.9 Å². The highest BCUT2D eigenvalue weighted by Gasteiger charge is 2.18. The molecule has 0 atom stereocenters. The topological polar surface area (TPSA) is 105 Å². The molecule has 2 aromatic heterocycles. The molecule has 8 nitrogen and oxygen atoms in total. The average molecular weight is 562 g/mol. The third-order valence-corrected chi connectivity index (χ3v) is 7.98. The molecule has 0 unspecified atom stereocenters. The highest BCUT2D eigenvalue weighted by Crippen LogP contribution is 2.27. The van der Waals surface area contributed by atoms with E-state index in [2.05, 4.69) is 15.2 Å². The molecule has 0 radical (unpaired) electrons. The first-order valence-corrected chi connectivity index (χ1v) is 14.0. The number of carbonyl (C=O) groups is 1. The van der Waals surface area contributed by atoms with Crippen molar-refractivity contribution in [3.63, 3.8) is 0 Å². The number of anilines is 1. The number of para-hydroxylation sites is 2. The molecule has 0 bridgehead atoms. The number of halogens is 1. The van der Waals surface area contributed by atoms with Crippen molar-refractivity contribution >= 4 is 50.8 Å². The van der Waals surface area contributed by atoms with Gasteiger partial charge >= 0.3 is 0 Å². The lowest BCUT2D eigenvalue weighted by Gasteiger charge is -2.10. The number of rotatable bonds is 8. The van der Waals surface area contributed by atoms with Gasteiger partial charge in [-0.15, -0.1) is 11.3 Å². The zero-order valence-corrected chi connectivity index (χ0v) is 22.0. The van der Waals surface area contributed by atoms with E-state index in [1.54, 1.807) is 40.3 Å². The normalized spacial score (nSPS) is 11.5. The van der Waals surface area contributed by atoms with Gasteiger partial charge in [-0.25, -0.2) is 18.5 Å². The third kappa shape index (κ3) is 5.67. The van der Waals surface area contributed by atoms with E-state index in [9.17, 15) is 13.2 Å². The van der Waals surface area contributed by atoms with Gasteiger partial charge in [0.1, 0.15) is 5.69 Å². The van der Waals surface area contributed by atoms with Crippen LogP contribution in [-0.4, -0.2) is 30.3 Å². The smallest absolute Gasteiger partial charge is 0.271 e. The van der Waals surface area contributed by atoms with Crippen LogP contribution in [0.15, 0.2) is 113 Å². The van der Waals surface area contributed by atoms with Gasteiger partial charge in [-0.1, -0.05) is 54.1 Å². The second kappa shape index (κ2) is 11.0. The first kappa shape index (κ1) is 25.4. The quantitative estimate of drug-likeness (QED) is 0.184. The fraction of sp³-hybridized carbons (Fsp3) is 0. The monoisotopic (exact) mass is 561 g/mol. The summed E-state index contributed by atoms with van der Waals surface area (Å²) in [6, 6.07) is 25.7. The summed E-state index contributed by atoms with van der Waals surface area (Å²) >= 11 is 7.62. The van der Waals surface area contributed by atoms with Gasteiger partial charge in [0.15, 0.2) is 0 Å². The van der Waals surface area contributed by atoms with Crippen LogP contribution in [0.4, 0.5) is 5.69 Å². The summed E-state index contributed by atoms with van der Waals surface area (Å²) in [5, 5.41) is 11.0. The minimum atomic E-state index is -3.97. The number of hydrogen-bond acceptors (Lipinski definition) is 6. The van der Waals surface area contributed by atoms with Crippen LogP contribution in [0.5, 0.6) is 0 Å². The summed E-state index contributed by atoms with van der Waals surface area (Å²) in [7, 11) is -3.97. The number of hydrogen-bond donors (Lipinski definition) is 2. The van der Waals surface area contributed by atoms with E-state index in [1.807, 2.05) is 54.0 Å². The molecule has 0 fully saturated rings. The van der Waals surface area contributed by atoms with Crippen molar-refractivity contribution < 1.29 is 13.2 Å². The summed E-state index contributed by atoms with van der Waals surface area (Å²) in [4.78, 5) is 13.7. The summed E-state index contributed by atoms with van der Waals surface area (Å²) in [5.41, 5.74) is 5.15. The average Bonchev–Trinajstić information content (AvgIpc) is 3.61. The molecule has 0 saturated heterocycles. The van der Waals surface area contributed by atoms with Crippen LogP contribution in [0, 0.1) is 0 Å². The Morgan fingerprint density at radius 3 is 2.53 bits per heavy atom. The Morgan fingerprint density at radius 1 is 0.974 bits per heavy atom. The number of nitrogens with zero attached hydrogens (tertiary/aromatic N) is 3. The van der Waals surface area contributed by atoms with Gasteiger partial charge in [0, 0.05) is 17.3 Å². The number of nitrogens with one attached hydrogen (secondary N) is 2. The van der Waals surface area contributed by atoms with Crippen molar-refractivity contribution in [2.45, 2.75) is 4.90 Å². The molecule has 0 aliphatic heterocycles. The zero-order chi connectivity index (χ0) is 26.5. The van der Waals surface area contributed by atoms with Crippen LogP contribution in [0.2, 0.25) is 5.02 Å². The van der Waals surface area contributed by atoms with Gasteiger partial charge in [0.05, 0.1) is 32.4 Å². The number of sulfonamides is 1. The number of carbonyl (C=O) groups excluding carboxylic acids is 1. The molecule has 0 saturated carbocycles. The maximum Gasteiger partial charge on any atom is 0.271 e. The molecule has 0 aliphatic rings. The second-order valence-electron chi connectivity index (χ2n) is 8.00. The van der Waals surface area contributed by atoms with Gasteiger partial charge in [-0.3, -0.25) is 9.52 Å². The Bertz CT molecular complexity index is 1720. The molecule has 38 heavy (non-hydrogen) atoms. The predicted octanol–water partition coefficient (Wildman–Crippen LogP) is 5.82. The van der Waals surface area contributed by atoms with E-state index in [4.69, 9.17) is 16.7 Å². The van der Waals surface area contributed by atoms with Gasteiger partial charge in [0.2, 0.25) is 0 Å². The molecule has 5 rings (SSSR count). The lowest BCUT2D eigenvalue weighted by molar-refractivity contribution is 0.0955. The number of hydrazone groups is 1. The summed E-state index contributed by atoms with van der Waals surface area (Å²) < 4.78 is 29.9. The second-order valence-corrected chi connectivity index (χ2v) is 11.0. The van der Waals surface area contributed by atoms with Crippen LogP contribution >= 0.6 is 22.9 Å². The molecule has 190 valence electrons. The Hall–Kier alpha value is -4.25. The van der Waals surface area contributed by atoms with E-state index >= 15 is 0 Å². The molecule has 0 aliphatic carbocycles. The molecule has 2 N–H and O–H groups in total. The Labute approximate surface area is 228 Å². The van der Waals surface area contributed by atoms with Gasteiger partial charge in [0.25, 0.3) is 15.9 Å². The highest BCUT2D eigenvalue weighted by atomic mass is 35.5. The van der Waals surface area contributed by atoms with Gasteiger partial charge in [-0.2, -0.15) is 10.2 Å². The maximum atomic E-state index is 12.9. The Morgan fingerprint density at radius 2 is 1.76 bits per heavy atom. The minimum Gasteiger partial charge on any atom is -0.278 e. The maximum absolute atomic E-state index is 12.9. The molecule has 3 aromatic carbocycles. The number of benzene rings is 3. The highest BCUT2D eigenvalue weighted by molar-refractivity contribution is 7.92. The number of aromatic nitrogens is 2. The van der Waals surface area contributed by atoms with E-state index in [-0.39, 0.29) is 21.2 Å². The molecular weight excluding hydrogens is 542 g/mol. The van der Waals surface area contributed by atoms with E-state index in [1.165, 1.54) is 30.5 Å². The first-order valence-electron chi connectivity index (χ1n) is 11.3. The zero-order valence-electron chi connectivity index (χ0n) is 19.7. The Kier molecular flexibility index (Phi) is 7.36. The van der Waals surface area contributed by atoms with Crippen molar-refractivity contribution in [2.75, 3.05) is 4.72 Å². The van der Waals surface area contributed by atoms with Crippen molar-refractivity contribution in [1.82, 2.24) is 15.2 Å². The fourth-order valence-corrected chi connectivity index (χ4v) is 5.67. The van der Waals surface area contributed by atoms with Crippen LogP contribution in [0.3, 0.4) is 0 Å². The Balaban J connectivity index is 1.35. The summed E-state index contributed by atoms with van der Waals surface area (Å²) in [5.74, 6) is -0.566. The van der Waals surface area contributed by atoms with Crippen molar-refractivity contribution in [3.8, 4) is 16.3 Å². The SMILES string of the molecule is O=C(NN=Cc1cn(-c2ccccc2)nc1-c1cccs1)c1cccc(S(=O)(=O)Nc2ccccc2Cl)c1. The standard InChI is InChI=1S/C27H20ClN5O3S2/c28-23-12-4-5-13-24(23)32-38(35,36)22-11-6-8-19(16-22)27(34)30-29-17-20-18-33(21-9-2-1-3-10-21)31-26(20)25-14-7-15-37-25/h1-18,32H,(H,30,34). The van der Waals surface area contributed by atoms with Crippen LogP contribution in [-0.2, 0) is 10.0 Å². The van der Waals surface area contributed by atoms with Crippen molar-refractivity contribution in [3.05, 3.63) is 119 Å². The fourth-order valence-electron chi connectivity index (χ4n) is 3.58. The third-order valence-electron chi connectivity index (χ3n) is 5.41. The molecule has 0 spiro atoms. The molecule has 5 aromatic rings.